The Morgan fingerprint density at radius 1 is 0.500 bits per heavy atom. The maximum atomic E-state index is 6.18. The number of pyridine rings is 3. The average molecular weight is 1300 g/mol. The minimum absolute atomic E-state index is 0.525. The predicted molar refractivity (Wildman–Crippen MR) is 386 cm³/mol. The van der Waals surface area contributed by atoms with Crippen LogP contribution in [0.5, 0.6) is 0 Å². The van der Waals surface area contributed by atoms with Crippen molar-refractivity contribution >= 4 is 121 Å². The van der Waals surface area contributed by atoms with Gasteiger partial charge in [0.25, 0.3) is 0 Å². The average Bonchev–Trinajstić information content (AvgIpc) is 1.72. The molecular weight excluding hydrogens is 1230 g/mol. The highest BCUT2D eigenvalue weighted by Gasteiger charge is 2.24. The van der Waals surface area contributed by atoms with Crippen LogP contribution in [0.2, 0.25) is 5.02 Å². The number of nitrogens with zero attached hydrogens (tertiary/aromatic N) is 12. The summed E-state index contributed by atoms with van der Waals surface area (Å²) in [6.45, 7) is 15.4. The second-order valence-electron chi connectivity index (χ2n) is 23.8. The number of rotatable bonds is 14. The van der Waals surface area contributed by atoms with Crippen LogP contribution in [0.3, 0.4) is 0 Å². The summed E-state index contributed by atoms with van der Waals surface area (Å²) in [5.41, 5.74) is 21.6. The maximum Gasteiger partial charge on any atom is 0.227 e. The third-order valence-electron chi connectivity index (χ3n) is 15.9. The van der Waals surface area contributed by atoms with E-state index in [1.807, 2.05) is 75.9 Å². The van der Waals surface area contributed by atoms with Gasteiger partial charge in [0.1, 0.15) is 5.82 Å². The number of hydrogen-bond acceptors (Lipinski definition) is 19. The smallest absolute Gasteiger partial charge is 0.227 e. The van der Waals surface area contributed by atoms with Crippen LogP contribution in [-0.4, -0.2) is 137 Å². The molecule has 3 aromatic carbocycles. The lowest BCUT2D eigenvalue weighted by Gasteiger charge is -2.28. The summed E-state index contributed by atoms with van der Waals surface area (Å²) in [7, 11) is 8.32. The van der Waals surface area contributed by atoms with Crippen LogP contribution in [-0.2, 0) is 36.8 Å². The van der Waals surface area contributed by atoms with Crippen molar-refractivity contribution in [1.29, 1.82) is 0 Å². The van der Waals surface area contributed by atoms with Crippen LogP contribution >= 0.6 is 48.3 Å². The van der Waals surface area contributed by atoms with Crippen LogP contribution in [0.15, 0.2) is 110 Å². The number of anilines is 10. The summed E-state index contributed by atoms with van der Waals surface area (Å²) in [4.78, 5) is 51.1. The van der Waals surface area contributed by atoms with E-state index in [9.17, 15) is 0 Å². The van der Waals surface area contributed by atoms with Gasteiger partial charge >= 0.3 is 0 Å². The van der Waals surface area contributed by atoms with Gasteiger partial charge in [-0.25, -0.2) is 34.9 Å². The zero-order valence-electron chi connectivity index (χ0n) is 53.3. The van der Waals surface area contributed by atoms with E-state index >= 15 is 0 Å². The van der Waals surface area contributed by atoms with E-state index in [-0.39, 0.29) is 0 Å². The molecule has 0 radical (unpaired) electrons. The molecule has 92 heavy (non-hydrogen) atoms. The van der Waals surface area contributed by atoms with Crippen LogP contribution < -0.4 is 36.8 Å². The Bertz CT molecular complexity index is 4250. The normalized spacial score (nSPS) is 13.7. The van der Waals surface area contributed by atoms with Crippen LogP contribution in [0, 0.1) is 34.6 Å². The molecule has 472 valence electrons. The highest BCUT2D eigenvalue weighted by Crippen LogP contribution is 2.38. The van der Waals surface area contributed by atoms with Crippen molar-refractivity contribution in [1.82, 2.24) is 54.7 Å². The molecule has 1 fully saturated rings. The number of fused-ring (bicyclic) bond motifs is 9. The SMILES string of the molecule is Cc1ccc2c(c1)NC(=S)Cc1cnc(Nc3ccc(CCCN(C)C)nc3C)nc1-2.Cc1ccc2c(c1)NC(=S)Cc1cnc(Nc3ccc(N4CCOCC4)nc3C)nc1-2.Cc1ncc(CCN(C)C)cc1Nc1ncc2c(n1)-c1ccc(Cl)cc1NC(=S)C2. The monoisotopic (exact) mass is 1300 g/mol. The number of morpholine rings is 1. The first-order chi connectivity index (χ1) is 44.3. The zero-order chi connectivity index (χ0) is 64.6. The number of thiocarbonyl (C=S) groups is 3. The number of hydrogen-bond donors (Lipinski definition) is 6. The fraction of sp³-hybridized carbons (Fsp3) is 0.304. The lowest BCUT2D eigenvalue weighted by atomic mass is 10.0. The summed E-state index contributed by atoms with van der Waals surface area (Å²) in [5, 5.41) is 20.7. The van der Waals surface area contributed by atoms with Gasteiger partial charge < -0.3 is 51.3 Å². The third kappa shape index (κ3) is 16.3. The standard InChI is InChI=1S/C24H28N6S.C23H24N6OS.C22H23ClN6S/c1-15-7-9-19-21(12-15)27-22(31)13-17-14-25-24(29-23(17)19)28-20-10-8-18(26-16(20)2)6-5-11-30(3)4;1-14-3-4-17-19(11-14)26-21(31)12-16-13-24-23(28-22(16)17)27-18-5-6-20(25-15(18)2)29-7-9-30-10-8-29;1-13-18(8-14(11-24-13)6-7-29(2)3)27-22-25-12-15-9-20(30)26-19-10-16(23)4-5-17(19)21(15)28-22/h7-10,12,14H,5-6,11,13H2,1-4H3,(H,27,31)(H,25,28,29);3-6,11,13H,7-10,12H2,1-2H3,(H,26,31)(H,24,27,28);4-5,8,10-12H,6-7,9H2,1-3H3,(H,26,30)(H,25,27,28). The maximum absolute atomic E-state index is 6.18. The molecule has 0 unspecified atom stereocenters. The molecule has 0 saturated carbocycles. The van der Waals surface area contributed by atoms with E-state index in [1.54, 1.807) is 0 Å². The number of halogens is 1. The molecule has 23 heteroatoms. The molecule has 6 N–H and O–H groups in total. The molecule has 10 heterocycles. The van der Waals surface area contributed by atoms with E-state index in [4.69, 9.17) is 77.9 Å². The Balaban J connectivity index is 0.000000141. The minimum Gasteiger partial charge on any atom is -0.378 e. The molecule has 9 aromatic rings. The van der Waals surface area contributed by atoms with Crippen LogP contribution in [0.25, 0.3) is 33.8 Å². The second-order valence-corrected chi connectivity index (χ2v) is 25.7. The highest BCUT2D eigenvalue weighted by atomic mass is 35.5. The van der Waals surface area contributed by atoms with Crippen molar-refractivity contribution in [2.45, 2.75) is 73.1 Å². The molecule has 0 bridgehead atoms. The van der Waals surface area contributed by atoms with Crippen molar-refractivity contribution in [3.63, 3.8) is 0 Å². The largest absolute Gasteiger partial charge is 0.378 e. The molecule has 4 aliphatic heterocycles. The fourth-order valence-corrected chi connectivity index (χ4v) is 12.0. The summed E-state index contributed by atoms with van der Waals surface area (Å²) >= 11 is 22.7. The molecule has 0 amide bonds. The number of likely N-dealkylation sites (N-methyl/N-ethyl adjacent to an activating group) is 1. The predicted octanol–water partition coefficient (Wildman–Crippen LogP) is 13.4. The molecule has 0 atom stereocenters. The van der Waals surface area contributed by atoms with Crippen LogP contribution in [0.1, 0.15) is 62.6 Å². The summed E-state index contributed by atoms with van der Waals surface area (Å²) in [6.07, 6.45) is 12.3. The minimum atomic E-state index is 0.525. The summed E-state index contributed by atoms with van der Waals surface area (Å²) < 4.78 is 5.44. The number of ether oxygens (including phenoxy) is 1. The topological polar surface area (TPSA) is 207 Å². The van der Waals surface area contributed by atoms with Gasteiger partial charge in [-0.15, -0.1) is 0 Å². The molecule has 1 saturated heterocycles. The lowest BCUT2D eigenvalue weighted by molar-refractivity contribution is 0.122. The van der Waals surface area contributed by atoms with Crippen molar-refractivity contribution in [3.8, 4) is 33.8 Å². The van der Waals surface area contributed by atoms with E-state index in [0.717, 1.165) is 187 Å². The Labute approximate surface area is 559 Å². The Hall–Kier alpha value is -8.61. The van der Waals surface area contributed by atoms with Gasteiger partial charge in [-0.1, -0.05) is 72.5 Å². The van der Waals surface area contributed by atoms with Gasteiger partial charge in [0.05, 0.1) is 79.4 Å². The molecule has 13 rings (SSSR count). The van der Waals surface area contributed by atoms with Crippen molar-refractivity contribution in [2.24, 2.45) is 0 Å². The van der Waals surface area contributed by atoms with Gasteiger partial charge in [-0.05, 0) is 166 Å². The van der Waals surface area contributed by atoms with Crippen LogP contribution in [0.4, 0.5) is 57.8 Å². The zero-order valence-corrected chi connectivity index (χ0v) is 56.5. The van der Waals surface area contributed by atoms with E-state index in [1.165, 1.54) is 16.7 Å². The molecule has 19 nitrogen and oxygen atoms in total. The number of aromatic nitrogens is 9. The highest BCUT2D eigenvalue weighted by molar-refractivity contribution is 7.81. The molecular formula is C69H75ClN18OS3. The number of aryl methyl sites for hydroxylation is 6. The Morgan fingerprint density at radius 3 is 1.48 bits per heavy atom. The van der Waals surface area contributed by atoms with E-state index in [0.29, 0.717) is 42.1 Å². The fourth-order valence-electron chi connectivity index (χ4n) is 11.0. The van der Waals surface area contributed by atoms with Gasteiger partial charge in [0, 0.05) is 125 Å². The third-order valence-corrected chi connectivity index (χ3v) is 16.9. The van der Waals surface area contributed by atoms with Crippen molar-refractivity contribution in [3.05, 3.63) is 171 Å². The van der Waals surface area contributed by atoms with Crippen molar-refractivity contribution < 1.29 is 4.74 Å². The first-order valence-electron chi connectivity index (χ1n) is 30.7. The van der Waals surface area contributed by atoms with E-state index < -0.39 is 0 Å². The van der Waals surface area contributed by atoms with Gasteiger partial charge in [-0.3, -0.25) is 9.97 Å². The van der Waals surface area contributed by atoms with Gasteiger partial charge in [0.2, 0.25) is 17.8 Å². The summed E-state index contributed by atoms with van der Waals surface area (Å²) in [6, 6.07) is 28.6. The number of nitrogens with one attached hydrogen (secondary N) is 6. The quantitative estimate of drug-likeness (QED) is 0.0560. The van der Waals surface area contributed by atoms with Gasteiger partial charge in [-0.2, -0.15) is 0 Å². The Morgan fingerprint density at radius 2 is 0.978 bits per heavy atom. The van der Waals surface area contributed by atoms with Gasteiger partial charge in [0.15, 0.2) is 0 Å². The second kappa shape index (κ2) is 29.3. The lowest BCUT2D eigenvalue weighted by Crippen LogP contribution is -2.36. The molecule has 0 aliphatic carbocycles. The molecule has 4 aliphatic rings. The Kier molecular flexibility index (Phi) is 20.7. The number of benzene rings is 3. The first kappa shape index (κ1) is 64.9. The van der Waals surface area contributed by atoms with Crippen molar-refractivity contribution in [2.75, 3.05) is 104 Å². The first-order valence-corrected chi connectivity index (χ1v) is 32.3. The molecule has 6 aromatic heterocycles. The summed E-state index contributed by atoms with van der Waals surface area (Å²) in [5.74, 6) is 2.60. The van der Waals surface area contributed by atoms with E-state index in [2.05, 4.69) is 163 Å². The molecule has 0 spiro atoms.